The Balaban J connectivity index is 0.00000200. The third kappa shape index (κ3) is 3.49. The maximum Gasteiger partial charge on any atom is 0.416 e. The van der Waals surface area contributed by atoms with Crippen LogP contribution in [0.25, 0.3) is 0 Å². The smallest absolute Gasteiger partial charge is 0.320 e. The van der Waals surface area contributed by atoms with Gasteiger partial charge in [0.25, 0.3) is 0 Å². The molecule has 1 unspecified atom stereocenters. The second-order valence-electron chi connectivity index (χ2n) is 4.12. The molecule has 0 aliphatic carbocycles. The molecule has 2 aromatic carbocycles. The average molecular weight is 306 g/mol. The van der Waals surface area contributed by atoms with Gasteiger partial charge in [-0.25, -0.2) is 4.39 Å². The highest BCUT2D eigenvalue weighted by Gasteiger charge is 2.35. The minimum Gasteiger partial charge on any atom is -0.320 e. The van der Waals surface area contributed by atoms with E-state index in [2.05, 4.69) is 0 Å². The number of hydrogen-bond acceptors (Lipinski definition) is 1. The first-order valence-corrected chi connectivity index (χ1v) is 5.57. The van der Waals surface area contributed by atoms with Gasteiger partial charge in [0.15, 0.2) is 0 Å². The highest BCUT2D eigenvalue weighted by molar-refractivity contribution is 5.85. The van der Waals surface area contributed by atoms with Crippen molar-refractivity contribution in [2.75, 3.05) is 0 Å². The summed E-state index contributed by atoms with van der Waals surface area (Å²) in [7, 11) is 0. The number of alkyl halides is 3. The van der Waals surface area contributed by atoms with Crippen molar-refractivity contribution in [3.05, 3.63) is 71.0 Å². The highest BCUT2D eigenvalue weighted by atomic mass is 35.5. The Hall–Kier alpha value is -1.59. The maximum atomic E-state index is 13.2. The first-order valence-electron chi connectivity index (χ1n) is 5.57. The van der Waals surface area contributed by atoms with Crippen molar-refractivity contribution in [2.24, 2.45) is 5.73 Å². The summed E-state index contributed by atoms with van der Waals surface area (Å²) < 4.78 is 51.8. The lowest BCUT2D eigenvalue weighted by Crippen LogP contribution is -2.18. The molecule has 2 N–H and O–H groups in total. The molecular formula is C14H12ClF4N. The van der Waals surface area contributed by atoms with Crippen LogP contribution in [-0.4, -0.2) is 0 Å². The second kappa shape index (κ2) is 6.24. The fraction of sp³-hybridized carbons (Fsp3) is 0.143. The first-order chi connectivity index (χ1) is 8.89. The summed E-state index contributed by atoms with van der Waals surface area (Å²) in [5.41, 5.74) is 5.14. The molecule has 0 aliphatic rings. The normalized spacial score (nSPS) is 12.7. The number of benzene rings is 2. The van der Waals surface area contributed by atoms with E-state index in [1.165, 1.54) is 0 Å². The van der Waals surface area contributed by atoms with Gasteiger partial charge in [0.1, 0.15) is 5.82 Å². The van der Waals surface area contributed by atoms with E-state index in [1.807, 2.05) is 0 Å². The predicted octanol–water partition coefficient (Wildman–Crippen LogP) is 4.31. The van der Waals surface area contributed by atoms with E-state index in [0.29, 0.717) is 11.6 Å². The van der Waals surface area contributed by atoms with Crippen LogP contribution in [0.4, 0.5) is 17.6 Å². The molecule has 6 heteroatoms. The minimum absolute atomic E-state index is 0. The Bertz CT molecular complexity index is 569. The van der Waals surface area contributed by atoms with Crippen LogP contribution in [0.1, 0.15) is 22.7 Å². The van der Waals surface area contributed by atoms with Crippen molar-refractivity contribution >= 4 is 12.4 Å². The van der Waals surface area contributed by atoms with Crippen LogP contribution in [0.5, 0.6) is 0 Å². The lowest BCUT2D eigenvalue weighted by atomic mass is 9.95. The minimum atomic E-state index is -4.56. The van der Waals surface area contributed by atoms with Gasteiger partial charge in [-0.3, -0.25) is 0 Å². The fourth-order valence-electron chi connectivity index (χ4n) is 1.89. The molecule has 2 rings (SSSR count). The zero-order chi connectivity index (χ0) is 14.0. The molecule has 1 nitrogen and oxygen atoms in total. The molecule has 108 valence electrons. The molecule has 0 bridgehead atoms. The van der Waals surface area contributed by atoms with E-state index >= 15 is 0 Å². The topological polar surface area (TPSA) is 26.0 Å². The maximum absolute atomic E-state index is 13.2. The molecule has 0 radical (unpaired) electrons. The third-order valence-corrected chi connectivity index (χ3v) is 2.81. The van der Waals surface area contributed by atoms with E-state index in [9.17, 15) is 17.6 Å². The van der Waals surface area contributed by atoms with Gasteiger partial charge >= 0.3 is 6.18 Å². The quantitative estimate of drug-likeness (QED) is 0.822. The van der Waals surface area contributed by atoms with Crippen molar-refractivity contribution in [2.45, 2.75) is 12.2 Å². The van der Waals surface area contributed by atoms with E-state index in [1.54, 1.807) is 30.3 Å². The van der Waals surface area contributed by atoms with Crippen molar-refractivity contribution in [3.8, 4) is 0 Å². The van der Waals surface area contributed by atoms with Gasteiger partial charge in [0.2, 0.25) is 0 Å². The zero-order valence-electron chi connectivity index (χ0n) is 10.2. The van der Waals surface area contributed by atoms with E-state index in [4.69, 9.17) is 5.73 Å². The molecule has 0 aromatic heterocycles. The molecule has 0 saturated heterocycles. The molecular weight excluding hydrogens is 294 g/mol. The van der Waals surface area contributed by atoms with Crippen LogP contribution < -0.4 is 5.73 Å². The number of nitrogens with two attached hydrogens (primary N) is 1. The van der Waals surface area contributed by atoms with E-state index in [0.717, 1.165) is 12.1 Å². The molecule has 0 heterocycles. The SMILES string of the molecule is Cl.NC(c1ccccc1)c1cc(F)ccc1C(F)(F)F. The zero-order valence-corrected chi connectivity index (χ0v) is 11.0. The molecule has 2 aromatic rings. The predicted molar refractivity (Wildman–Crippen MR) is 71.1 cm³/mol. The van der Waals surface area contributed by atoms with Crippen LogP contribution in [0.2, 0.25) is 0 Å². The lowest BCUT2D eigenvalue weighted by Gasteiger charge is -2.18. The van der Waals surface area contributed by atoms with Crippen molar-refractivity contribution in [1.29, 1.82) is 0 Å². The Morgan fingerprint density at radius 3 is 2.10 bits per heavy atom. The summed E-state index contributed by atoms with van der Waals surface area (Å²) in [6.45, 7) is 0. The summed E-state index contributed by atoms with van der Waals surface area (Å²) in [6.07, 6.45) is -4.56. The highest BCUT2D eigenvalue weighted by Crippen LogP contribution is 2.36. The summed E-state index contributed by atoms with van der Waals surface area (Å²) in [5.74, 6) is -0.741. The van der Waals surface area contributed by atoms with Gasteiger partial charge in [-0.15, -0.1) is 12.4 Å². The Morgan fingerprint density at radius 2 is 1.55 bits per heavy atom. The van der Waals surface area contributed by atoms with Crippen LogP contribution in [0.15, 0.2) is 48.5 Å². The van der Waals surface area contributed by atoms with Gasteiger partial charge < -0.3 is 5.73 Å². The molecule has 0 saturated carbocycles. The molecule has 0 aliphatic heterocycles. The lowest BCUT2D eigenvalue weighted by molar-refractivity contribution is -0.138. The average Bonchev–Trinajstić information content (AvgIpc) is 2.37. The molecule has 0 amide bonds. The summed E-state index contributed by atoms with van der Waals surface area (Å²) in [6, 6.07) is 9.59. The van der Waals surface area contributed by atoms with Gasteiger partial charge in [0.05, 0.1) is 11.6 Å². The van der Waals surface area contributed by atoms with E-state index in [-0.39, 0.29) is 18.0 Å². The number of rotatable bonds is 2. The second-order valence-corrected chi connectivity index (χ2v) is 4.12. The fourth-order valence-corrected chi connectivity index (χ4v) is 1.89. The van der Waals surface area contributed by atoms with Gasteiger partial charge in [0, 0.05) is 0 Å². The summed E-state index contributed by atoms with van der Waals surface area (Å²) in [5, 5.41) is 0. The monoisotopic (exact) mass is 305 g/mol. The standard InChI is InChI=1S/C14H11F4N.ClH/c15-10-6-7-12(14(16,17)18)11(8-10)13(19)9-4-2-1-3-5-9;/h1-8,13H,19H2;1H. The summed E-state index contributed by atoms with van der Waals surface area (Å²) in [4.78, 5) is 0. The van der Waals surface area contributed by atoms with Crippen LogP contribution in [0.3, 0.4) is 0 Å². The molecule has 0 spiro atoms. The van der Waals surface area contributed by atoms with Gasteiger partial charge in [-0.2, -0.15) is 13.2 Å². The first kappa shape index (κ1) is 16.5. The Kier molecular flexibility index (Phi) is 5.14. The van der Waals surface area contributed by atoms with Gasteiger partial charge in [-0.05, 0) is 29.3 Å². The molecule has 0 fully saturated rings. The third-order valence-electron chi connectivity index (χ3n) is 2.81. The van der Waals surface area contributed by atoms with E-state index < -0.39 is 23.6 Å². The largest absolute Gasteiger partial charge is 0.416 e. The van der Waals surface area contributed by atoms with Crippen molar-refractivity contribution < 1.29 is 17.6 Å². The Labute approximate surface area is 119 Å². The van der Waals surface area contributed by atoms with Gasteiger partial charge in [-0.1, -0.05) is 30.3 Å². The van der Waals surface area contributed by atoms with Crippen molar-refractivity contribution in [3.63, 3.8) is 0 Å². The Morgan fingerprint density at radius 1 is 0.950 bits per heavy atom. The number of halogens is 5. The molecule has 20 heavy (non-hydrogen) atoms. The van der Waals surface area contributed by atoms with Crippen LogP contribution in [-0.2, 0) is 6.18 Å². The van der Waals surface area contributed by atoms with Crippen molar-refractivity contribution in [1.82, 2.24) is 0 Å². The number of hydrogen-bond donors (Lipinski definition) is 1. The summed E-state index contributed by atoms with van der Waals surface area (Å²) >= 11 is 0. The van der Waals surface area contributed by atoms with Crippen LogP contribution in [0, 0.1) is 5.82 Å². The van der Waals surface area contributed by atoms with Crippen LogP contribution >= 0.6 is 12.4 Å². The molecule has 1 atom stereocenters.